The van der Waals surface area contributed by atoms with Gasteiger partial charge in [-0.1, -0.05) is 6.07 Å². The highest BCUT2D eigenvalue weighted by atomic mass is 32.1. The lowest BCUT2D eigenvalue weighted by Gasteiger charge is -1.95. The molecule has 0 bridgehead atoms. The fourth-order valence-electron chi connectivity index (χ4n) is 1.13. The van der Waals surface area contributed by atoms with E-state index in [9.17, 15) is 4.39 Å². The molecular formula is C9H9FN2S. The molecule has 13 heavy (non-hydrogen) atoms. The fourth-order valence-corrected chi connectivity index (χ4v) is 2.06. The third-order valence-corrected chi connectivity index (χ3v) is 3.00. The van der Waals surface area contributed by atoms with Crippen molar-refractivity contribution in [2.24, 2.45) is 5.73 Å². The second-order valence-electron chi connectivity index (χ2n) is 2.93. The summed E-state index contributed by atoms with van der Waals surface area (Å²) in [6.07, 6.45) is 0. The zero-order chi connectivity index (χ0) is 9.42. The minimum Gasteiger partial charge on any atom is -0.322 e. The van der Waals surface area contributed by atoms with Crippen LogP contribution in [-0.4, -0.2) is 4.98 Å². The SMILES string of the molecule is CC(N)c1nc2c(F)cccc2s1. The molecule has 0 fully saturated rings. The van der Waals surface area contributed by atoms with Gasteiger partial charge in [-0.15, -0.1) is 11.3 Å². The van der Waals surface area contributed by atoms with Crippen LogP contribution in [0.2, 0.25) is 0 Å². The number of fused-ring (bicyclic) bond motifs is 1. The van der Waals surface area contributed by atoms with Crippen LogP contribution in [0.1, 0.15) is 18.0 Å². The van der Waals surface area contributed by atoms with Crippen LogP contribution in [0.15, 0.2) is 18.2 Å². The van der Waals surface area contributed by atoms with Crippen LogP contribution in [0.4, 0.5) is 4.39 Å². The van der Waals surface area contributed by atoms with Gasteiger partial charge in [-0.25, -0.2) is 9.37 Å². The third-order valence-electron chi connectivity index (χ3n) is 1.78. The molecule has 1 aromatic heterocycles. The molecule has 0 aliphatic carbocycles. The van der Waals surface area contributed by atoms with E-state index in [0.29, 0.717) is 5.52 Å². The smallest absolute Gasteiger partial charge is 0.150 e. The van der Waals surface area contributed by atoms with Crippen molar-refractivity contribution in [3.05, 3.63) is 29.0 Å². The first kappa shape index (κ1) is 8.59. The van der Waals surface area contributed by atoms with Crippen molar-refractivity contribution >= 4 is 21.6 Å². The van der Waals surface area contributed by atoms with Gasteiger partial charge in [-0.05, 0) is 19.1 Å². The summed E-state index contributed by atoms with van der Waals surface area (Å²) >= 11 is 1.44. The summed E-state index contributed by atoms with van der Waals surface area (Å²) in [5.41, 5.74) is 6.08. The van der Waals surface area contributed by atoms with Gasteiger partial charge < -0.3 is 5.73 Å². The molecule has 1 atom stereocenters. The van der Waals surface area contributed by atoms with E-state index in [-0.39, 0.29) is 11.9 Å². The Balaban J connectivity index is 2.68. The molecule has 2 nitrogen and oxygen atoms in total. The van der Waals surface area contributed by atoms with Gasteiger partial charge in [0.25, 0.3) is 0 Å². The number of thiazole rings is 1. The number of hydrogen-bond acceptors (Lipinski definition) is 3. The topological polar surface area (TPSA) is 38.9 Å². The van der Waals surface area contributed by atoms with Gasteiger partial charge in [0.1, 0.15) is 16.3 Å². The molecule has 2 aromatic rings. The van der Waals surface area contributed by atoms with Gasteiger partial charge in [-0.2, -0.15) is 0 Å². The van der Waals surface area contributed by atoms with E-state index in [1.807, 2.05) is 13.0 Å². The normalized spacial score (nSPS) is 13.5. The number of halogens is 1. The Morgan fingerprint density at radius 2 is 2.31 bits per heavy atom. The zero-order valence-corrected chi connectivity index (χ0v) is 7.94. The Kier molecular flexibility index (Phi) is 2.01. The largest absolute Gasteiger partial charge is 0.322 e. The Bertz CT molecular complexity index is 436. The summed E-state index contributed by atoms with van der Waals surface area (Å²) in [5.74, 6) is -0.277. The van der Waals surface area contributed by atoms with Crippen LogP contribution >= 0.6 is 11.3 Å². The number of benzene rings is 1. The van der Waals surface area contributed by atoms with Crippen LogP contribution < -0.4 is 5.73 Å². The molecule has 0 spiro atoms. The number of aromatic nitrogens is 1. The second kappa shape index (κ2) is 3.05. The lowest BCUT2D eigenvalue weighted by Crippen LogP contribution is -2.03. The summed E-state index contributed by atoms with van der Waals surface area (Å²) in [7, 11) is 0. The van der Waals surface area contributed by atoms with Crippen molar-refractivity contribution in [3.63, 3.8) is 0 Å². The summed E-state index contributed by atoms with van der Waals surface area (Å²) in [5, 5.41) is 0.778. The standard InChI is InChI=1S/C9H9FN2S/c1-5(11)9-12-8-6(10)3-2-4-7(8)13-9/h2-5H,11H2,1H3. The van der Waals surface area contributed by atoms with E-state index in [0.717, 1.165) is 9.71 Å². The van der Waals surface area contributed by atoms with E-state index in [1.165, 1.54) is 17.4 Å². The molecule has 2 N–H and O–H groups in total. The maximum Gasteiger partial charge on any atom is 0.150 e. The second-order valence-corrected chi connectivity index (χ2v) is 3.99. The molecule has 0 aliphatic heterocycles. The maximum atomic E-state index is 13.2. The van der Waals surface area contributed by atoms with Crippen LogP contribution in [-0.2, 0) is 0 Å². The Hall–Kier alpha value is -1.000. The molecule has 4 heteroatoms. The lowest BCUT2D eigenvalue weighted by molar-refractivity contribution is 0.636. The highest BCUT2D eigenvalue weighted by molar-refractivity contribution is 7.18. The van der Waals surface area contributed by atoms with Gasteiger partial charge >= 0.3 is 0 Å². The van der Waals surface area contributed by atoms with Crippen LogP contribution in [0, 0.1) is 5.82 Å². The maximum absolute atomic E-state index is 13.2. The van der Waals surface area contributed by atoms with Crippen molar-refractivity contribution in [1.82, 2.24) is 4.98 Å². The summed E-state index contributed by atoms with van der Waals surface area (Å²) < 4.78 is 14.0. The Morgan fingerprint density at radius 1 is 1.54 bits per heavy atom. The number of para-hydroxylation sites is 1. The van der Waals surface area contributed by atoms with Crippen molar-refractivity contribution < 1.29 is 4.39 Å². The molecule has 68 valence electrons. The summed E-state index contributed by atoms with van der Waals surface area (Å²) in [6.45, 7) is 1.84. The Morgan fingerprint density at radius 3 is 2.92 bits per heavy atom. The highest BCUT2D eigenvalue weighted by Gasteiger charge is 2.09. The quantitative estimate of drug-likeness (QED) is 0.760. The number of hydrogen-bond donors (Lipinski definition) is 1. The number of nitrogens with two attached hydrogens (primary N) is 1. The minimum atomic E-state index is -0.277. The van der Waals surface area contributed by atoms with Gasteiger partial charge in [0, 0.05) is 0 Å². The van der Waals surface area contributed by atoms with Crippen molar-refractivity contribution in [2.45, 2.75) is 13.0 Å². The predicted octanol–water partition coefficient (Wildman–Crippen LogP) is 2.46. The molecule has 1 unspecified atom stereocenters. The molecular weight excluding hydrogens is 187 g/mol. The molecule has 0 aliphatic rings. The molecule has 0 amide bonds. The monoisotopic (exact) mass is 196 g/mol. The molecule has 0 saturated heterocycles. The van der Waals surface area contributed by atoms with Crippen LogP contribution in [0.25, 0.3) is 10.2 Å². The number of nitrogens with zero attached hydrogens (tertiary/aromatic N) is 1. The zero-order valence-electron chi connectivity index (χ0n) is 7.12. The fraction of sp³-hybridized carbons (Fsp3) is 0.222. The first-order chi connectivity index (χ1) is 6.18. The highest BCUT2D eigenvalue weighted by Crippen LogP contribution is 2.26. The van der Waals surface area contributed by atoms with Gasteiger partial charge in [0.05, 0.1) is 10.7 Å². The first-order valence-corrected chi connectivity index (χ1v) is 4.80. The molecule has 1 heterocycles. The van der Waals surface area contributed by atoms with Crippen LogP contribution in [0.3, 0.4) is 0 Å². The van der Waals surface area contributed by atoms with E-state index in [2.05, 4.69) is 4.98 Å². The van der Waals surface area contributed by atoms with E-state index in [4.69, 9.17) is 5.73 Å². The lowest BCUT2D eigenvalue weighted by atomic mass is 10.3. The van der Waals surface area contributed by atoms with Gasteiger partial charge in [0.2, 0.25) is 0 Å². The average Bonchev–Trinajstić information content (AvgIpc) is 2.49. The third kappa shape index (κ3) is 1.43. The molecule has 0 saturated carbocycles. The molecule has 2 rings (SSSR count). The summed E-state index contributed by atoms with van der Waals surface area (Å²) in [4.78, 5) is 4.13. The minimum absolute atomic E-state index is 0.128. The molecule has 0 radical (unpaired) electrons. The van der Waals surface area contributed by atoms with Crippen molar-refractivity contribution in [1.29, 1.82) is 0 Å². The van der Waals surface area contributed by atoms with E-state index >= 15 is 0 Å². The Labute approximate surface area is 79.2 Å². The van der Waals surface area contributed by atoms with Gasteiger partial charge in [0.15, 0.2) is 0 Å². The first-order valence-electron chi connectivity index (χ1n) is 3.99. The van der Waals surface area contributed by atoms with E-state index < -0.39 is 0 Å². The van der Waals surface area contributed by atoms with Gasteiger partial charge in [-0.3, -0.25) is 0 Å². The number of rotatable bonds is 1. The van der Waals surface area contributed by atoms with Crippen molar-refractivity contribution in [3.8, 4) is 0 Å². The summed E-state index contributed by atoms with van der Waals surface area (Å²) in [6, 6.07) is 4.81. The molecule has 1 aromatic carbocycles. The van der Waals surface area contributed by atoms with Crippen molar-refractivity contribution in [2.75, 3.05) is 0 Å². The van der Waals surface area contributed by atoms with Crippen LogP contribution in [0.5, 0.6) is 0 Å². The average molecular weight is 196 g/mol. The van der Waals surface area contributed by atoms with E-state index in [1.54, 1.807) is 6.07 Å². The predicted molar refractivity (Wildman–Crippen MR) is 52.2 cm³/mol.